The van der Waals surface area contributed by atoms with E-state index in [9.17, 15) is 4.79 Å². The average Bonchev–Trinajstić information content (AvgIpc) is 3.30. The molecule has 0 spiro atoms. The molecule has 4 rings (SSSR count). The van der Waals surface area contributed by atoms with Gasteiger partial charge in [0.15, 0.2) is 0 Å². The zero-order valence-electron chi connectivity index (χ0n) is 17.9. The summed E-state index contributed by atoms with van der Waals surface area (Å²) < 4.78 is 7.02. The van der Waals surface area contributed by atoms with Crippen LogP contribution in [-0.4, -0.2) is 82.8 Å². The Balaban J connectivity index is 1.30. The lowest BCUT2D eigenvalue weighted by atomic mass is 10.2. The molecule has 3 aromatic rings. The highest BCUT2D eigenvalue weighted by Gasteiger charge is 2.24. The third-order valence-corrected chi connectivity index (χ3v) is 5.45. The van der Waals surface area contributed by atoms with Crippen LogP contribution in [0.2, 0.25) is 0 Å². The highest BCUT2D eigenvalue weighted by atomic mass is 16.5. The molecule has 9 heteroatoms. The number of carbonyl (C=O) groups is 1. The molecule has 0 atom stereocenters. The van der Waals surface area contributed by atoms with E-state index in [2.05, 4.69) is 25.3 Å². The number of amides is 1. The molecule has 1 aromatic heterocycles. The van der Waals surface area contributed by atoms with Crippen LogP contribution in [-0.2, 0) is 11.3 Å². The summed E-state index contributed by atoms with van der Waals surface area (Å²) >= 11 is 0. The Hall–Kier alpha value is -3.46. The number of anilines is 1. The number of ether oxygens (including phenoxy) is 1. The lowest BCUT2D eigenvalue weighted by Crippen LogP contribution is -2.50. The van der Waals surface area contributed by atoms with E-state index in [1.165, 1.54) is 0 Å². The Kier molecular flexibility index (Phi) is 6.42. The second-order valence-corrected chi connectivity index (χ2v) is 7.59. The number of rotatable bonds is 7. The van der Waals surface area contributed by atoms with Crippen molar-refractivity contribution in [3.05, 3.63) is 60.2 Å². The van der Waals surface area contributed by atoms with E-state index in [0.717, 1.165) is 49.1 Å². The van der Waals surface area contributed by atoms with Gasteiger partial charge in [-0.1, -0.05) is 35.4 Å². The number of nitrogens with zero attached hydrogens (tertiary/aromatic N) is 7. The molecule has 0 unspecified atom stereocenters. The van der Waals surface area contributed by atoms with Crippen LogP contribution in [0.25, 0.3) is 5.69 Å². The number of tetrazole rings is 1. The van der Waals surface area contributed by atoms with Gasteiger partial charge in [-0.05, 0) is 40.3 Å². The van der Waals surface area contributed by atoms with Crippen LogP contribution in [0.1, 0.15) is 5.56 Å². The van der Waals surface area contributed by atoms with Gasteiger partial charge < -0.3 is 14.5 Å². The van der Waals surface area contributed by atoms with Gasteiger partial charge in [0.25, 0.3) is 0 Å². The van der Waals surface area contributed by atoms with Gasteiger partial charge in [0, 0.05) is 39.8 Å². The van der Waals surface area contributed by atoms with E-state index in [4.69, 9.17) is 4.74 Å². The Morgan fingerprint density at radius 1 is 1.06 bits per heavy atom. The maximum atomic E-state index is 12.7. The predicted octanol–water partition coefficient (Wildman–Crippen LogP) is 1.45. The first-order valence-corrected chi connectivity index (χ1v) is 10.3. The molecule has 31 heavy (non-hydrogen) atoms. The summed E-state index contributed by atoms with van der Waals surface area (Å²) in [6.07, 6.45) is 0. The van der Waals surface area contributed by atoms with Crippen LogP contribution >= 0.6 is 0 Å². The molecule has 0 N–H and O–H groups in total. The van der Waals surface area contributed by atoms with Crippen LogP contribution in [0.3, 0.4) is 0 Å². The topological polar surface area (TPSA) is 79.6 Å². The summed E-state index contributed by atoms with van der Waals surface area (Å²) in [5.74, 6) is 1.63. The minimum absolute atomic E-state index is 0.102. The molecule has 0 radical (unpaired) electrons. The number of methoxy groups -OCH3 is 1. The highest BCUT2D eigenvalue weighted by Crippen LogP contribution is 2.17. The van der Waals surface area contributed by atoms with E-state index in [1.54, 1.807) is 16.7 Å². The second kappa shape index (κ2) is 9.57. The third-order valence-electron chi connectivity index (χ3n) is 5.45. The molecule has 0 aliphatic carbocycles. The largest absolute Gasteiger partial charge is 0.497 e. The fourth-order valence-electron chi connectivity index (χ4n) is 3.67. The van der Waals surface area contributed by atoms with Gasteiger partial charge in [0.05, 0.1) is 19.3 Å². The smallest absolute Gasteiger partial charge is 0.250 e. The monoisotopic (exact) mass is 421 g/mol. The Bertz CT molecular complexity index is 1000. The first kappa shape index (κ1) is 20.8. The fraction of sp³-hybridized carbons (Fsp3) is 0.364. The fourth-order valence-corrected chi connectivity index (χ4v) is 3.67. The Morgan fingerprint density at radius 3 is 2.58 bits per heavy atom. The minimum atomic E-state index is 0.102. The third kappa shape index (κ3) is 5.00. The van der Waals surface area contributed by atoms with Gasteiger partial charge >= 0.3 is 0 Å². The van der Waals surface area contributed by atoms with E-state index < -0.39 is 0 Å². The molecule has 162 valence electrons. The number of para-hydroxylation sites is 1. The normalized spacial score (nSPS) is 14.5. The summed E-state index contributed by atoms with van der Waals surface area (Å²) in [5.41, 5.74) is 1.98. The van der Waals surface area contributed by atoms with Crippen molar-refractivity contribution in [1.82, 2.24) is 30.0 Å². The number of likely N-dealkylation sites (N-methyl/N-ethyl adjacent to an activating group) is 1. The van der Waals surface area contributed by atoms with Crippen molar-refractivity contribution in [2.45, 2.75) is 6.54 Å². The highest BCUT2D eigenvalue weighted by molar-refractivity contribution is 5.78. The zero-order valence-corrected chi connectivity index (χ0v) is 17.9. The van der Waals surface area contributed by atoms with Gasteiger partial charge in [0.1, 0.15) is 5.75 Å². The van der Waals surface area contributed by atoms with Crippen LogP contribution < -0.4 is 9.64 Å². The van der Waals surface area contributed by atoms with Crippen molar-refractivity contribution in [2.24, 2.45) is 0 Å². The number of hydrogen-bond donors (Lipinski definition) is 0. The molecular formula is C22H27N7O2. The van der Waals surface area contributed by atoms with Crippen molar-refractivity contribution in [1.29, 1.82) is 0 Å². The van der Waals surface area contributed by atoms with Gasteiger partial charge in [0.2, 0.25) is 11.9 Å². The van der Waals surface area contributed by atoms with Crippen molar-refractivity contribution in [2.75, 3.05) is 51.8 Å². The molecule has 1 aliphatic rings. The van der Waals surface area contributed by atoms with E-state index in [1.807, 2.05) is 61.6 Å². The van der Waals surface area contributed by atoms with Crippen LogP contribution in [0, 0.1) is 0 Å². The molecule has 0 bridgehead atoms. The van der Waals surface area contributed by atoms with Crippen LogP contribution in [0.5, 0.6) is 5.75 Å². The Labute approximate surface area is 181 Å². The molecule has 1 fully saturated rings. The van der Waals surface area contributed by atoms with Gasteiger partial charge in [-0.2, -0.15) is 4.68 Å². The number of benzene rings is 2. The molecule has 1 saturated heterocycles. The van der Waals surface area contributed by atoms with E-state index in [-0.39, 0.29) is 5.91 Å². The van der Waals surface area contributed by atoms with Crippen LogP contribution in [0.4, 0.5) is 5.95 Å². The minimum Gasteiger partial charge on any atom is -0.497 e. The SMILES string of the molecule is COc1cccc(CN(C)C(=O)CN2CCN(c3nnnn3-c3ccccc3)CC2)c1. The predicted molar refractivity (Wildman–Crippen MR) is 117 cm³/mol. The van der Waals surface area contributed by atoms with Gasteiger partial charge in [-0.3, -0.25) is 9.69 Å². The molecule has 2 aromatic carbocycles. The Morgan fingerprint density at radius 2 is 1.84 bits per heavy atom. The van der Waals surface area contributed by atoms with Crippen molar-refractivity contribution < 1.29 is 9.53 Å². The maximum Gasteiger partial charge on any atom is 0.250 e. The van der Waals surface area contributed by atoms with Crippen molar-refractivity contribution in [3.8, 4) is 11.4 Å². The molecule has 1 aliphatic heterocycles. The van der Waals surface area contributed by atoms with E-state index in [0.29, 0.717) is 13.1 Å². The standard InChI is InChI=1S/C22H27N7O2/c1-26(16-18-7-6-10-20(15-18)31-2)21(30)17-27-11-13-28(14-12-27)22-23-24-25-29(22)19-8-4-3-5-9-19/h3-10,15H,11-14,16-17H2,1-2H3. The molecule has 0 saturated carbocycles. The number of hydrogen-bond acceptors (Lipinski definition) is 7. The molecular weight excluding hydrogens is 394 g/mol. The molecule has 1 amide bonds. The lowest BCUT2D eigenvalue weighted by molar-refractivity contribution is -0.131. The van der Waals surface area contributed by atoms with Crippen LogP contribution in [0.15, 0.2) is 54.6 Å². The molecule has 2 heterocycles. The number of carbonyl (C=O) groups excluding carboxylic acids is 1. The van der Waals surface area contributed by atoms with E-state index >= 15 is 0 Å². The van der Waals surface area contributed by atoms with Gasteiger partial charge in [-0.15, -0.1) is 0 Å². The maximum absolute atomic E-state index is 12.7. The second-order valence-electron chi connectivity index (χ2n) is 7.59. The quantitative estimate of drug-likeness (QED) is 0.571. The lowest BCUT2D eigenvalue weighted by Gasteiger charge is -2.35. The number of aromatic nitrogens is 4. The average molecular weight is 422 g/mol. The summed E-state index contributed by atoms with van der Waals surface area (Å²) in [4.78, 5) is 18.8. The number of piperazine rings is 1. The summed E-state index contributed by atoms with van der Waals surface area (Å²) in [5, 5.41) is 12.2. The molecule has 9 nitrogen and oxygen atoms in total. The summed E-state index contributed by atoms with van der Waals surface area (Å²) in [7, 11) is 3.48. The summed E-state index contributed by atoms with van der Waals surface area (Å²) in [6.45, 7) is 4.04. The van der Waals surface area contributed by atoms with Crippen molar-refractivity contribution >= 4 is 11.9 Å². The zero-order chi connectivity index (χ0) is 21.6. The first-order chi connectivity index (χ1) is 15.1. The van der Waals surface area contributed by atoms with Crippen molar-refractivity contribution in [3.63, 3.8) is 0 Å². The summed E-state index contributed by atoms with van der Waals surface area (Å²) in [6, 6.07) is 17.7. The van der Waals surface area contributed by atoms with Gasteiger partial charge in [-0.25, -0.2) is 0 Å². The first-order valence-electron chi connectivity index (χ1n) is 10.3.